The number of unbranched alkanes of at least 4 members (excludes halogenated alkanes) is 1. The molecule has 1 atom stereocenters. The van der Waals surface area contributed by atoms with Crippen LogP contribution in [0, 0.1) is 0 Å². The van der Waals surface area contributed by atoms with Gasteiger partial charge in [-0.05, 0) is 18.4 Å². The fraction of sp³-hybridized carbons (Fsp3) is 0.462. The SMILES string of the molecule is CCCCC(Cl)OC(=S)OCc1ccccc1. The quantitative estimate of drug-likeness (QED) is 0.569. The molecule has 0 radical (unpaired) electrons. The van der Waals surface area contributed by atoms with Crippen LogP contribution < -0.4 is 0 Å². The van der Waals surface area contributed by atoms with Gasteiger partial charge in [0, 0.05) is 12.2 Å². The highest BCUT2D eigenvalue weighted by Crippen LogP contribution is 2.11. The third-order valence-corrected chi connectivity index (χ3v) is 2.73. The molecule has 0 aliphatic rings. The summed E-state index contributed by atoms with van der Waals surface area (Å²) >= 11 is 10.9. The first kappa shape index (κ1) is 14.3. The molecule has 0 spiro atoms. The van der Waals surface area contributed by atoms with Crippen LogP contribution in [0.2, 0.25) is 0 Å². The highest BCUT2D eigenvalue weighted by atomic mass is 35.5. The van der Waals surface area contributed by atoms with Crippen molar-refractivity contribution in [2.75, 3.05) is 0 Å². The lowest BCUT2D eigenvalue weighted by atomic mass is 10.2. The van der Waals surface area contributed by atoms with Crippen LogP contribution in [-0.2, 0) is 16.1 Å². The van der Waals surface area contributed by atoms with E-state index in [0.29, 0.717) is 6.61 Å². The summed E-state index contributed by atoms with van der Waals surface area (Å²) in [6.45, 7) is 2.52. The van der Waals surface area contributed by atoms with Gasteiger partial charge in [-0.1, -0.05) is 55.3 Å². The number of hydrogen-bond acceptors (Lipinski definition) is 3. The van der Waals surface area contributed by atoms with Crippen LogP contribution in [-0.4, -0.2) is 10.8 Å². The largest absolute Gasteiger partial charge is 0.452 e. The molecule has 0 aliphatic heterocycles. The van der Waals surface area contributed by atoms with Crippen LogP contribution in [0.4, 0.5) is 0 Å². The zero-order chi connectivity index (χ0) is 12.5. The van der Waals surface area contributed by atoms with E-state index in [4.69, 9.17) is 33.3 Å². The van der Waals surface area contributed by atoms with Crippen molar-refractivity contribution in [1.29, 1.82) is 0 Å². The van der Waals surface area contributed by atoms with Crippen molar-refractivity contribution >= 4 is 29.1 Å². The van der Waals surface area contributed by atoms with Crippen molar-refractivity contribution in [1.82, 2.24) is 0 Å². The normalized spacial score (nSPS) is 11.9. The molecule has 0 heterocycles. The minimum atomic E-state index is -0.391. The summed E-state index contributed by atoms with van der Waals surface area (Å²) in [5, 5.41) is 0.116. The van der Waals surface area contributed by atoms with Gasteiger partial charge in [-0.2, -0.15) is 0 Å². The third-order valence-electron chi connectivity index (χ3n) is 2.21. The Morgan fingerprint density at radius 1 is 1.35 bits per heavy atom. The Morgan fingerprint density at radius 3 is 2.71 bits per heavy atom. The average molecular weight is 273 g/mol. The number of ether oxygens (including phenoxy) is 2. The second-order valence-electron chi connectivity index (χ2n) is 3.69. The van der Waals surface area contributed by atoms with E-state index in [9.17, 15) is 0 Å². The lowest BCUT2D eigenvalue weighted by molar-refractivity contribution is 0.148. The molecular weight excluding hydrogens is 256 g/mol. The van der Waals surface area contributed by atoms with Gasteiger partial charge >= 0.3 is 5.24 Å². The van der Waals surface area contributed by atoms with Gasteiger partial charge in [0.1, 0.15) is 6.61 Å². The Morgan fingerprint density at radius 2 is 2.06 bits per heavy atom. The van der Waals surface area contributed by atoms with Crippen molar-refractivity contribution in [2.45, 2.75) is 38.4 Å². The number of thiocarbonyl (C=S) groups is 1. The van der Waals surface area contributed by atoms with Gasteiger partial charge < -0.3 is 9.47 Å². The summed E-state index contributed by atoms with van der Waals surface area (Å²) in [4.78, 5) is 0. The van der Waals surface area contributed by atoms with E-state index in [1.807, 2.05) is 30.3 Å². The molecule has 0 saturated heterocycles. The standard InChI is InChI=1S/C13H17ClO2S/c1-2-3-9-12(14)16-13(17)15-10-11-7-5-4-6-8-11/h4-8,12H,2-3,9-10H2,1H3. The predicted octanol–water partition coefficient (Wildman–Crippen LogP) is 4.26. The van der Waals surface area contributed by atoms with Crippen molar-refractivity contribution in [3.63, 3.8) is 0 Å². The first-order chi connectivity index (χ1) is 8.22. The van der Waals surface area contributed by atoms with E-state index in [1.165, 1.54) is 0 Å². The van der Waals surface area contributed by atoms with Crippen molar-refractivity contribution in [3.8, 4) is 0 Å². The first-order valence-corrected chi connectivity index (χ1v) is 6.58. The molecule has 1 aromatic carbocycles. The Bertz CT molecular complexity index is 329. The van der Waals surface area contributed by atoms with Crippen LogP contribution in [0.5, 0.6) is 0 Å². The molecule has 1 rings (SSSR count). The van der Waals surface area contributed by atoms with Gasteiger partial charge in [0.25, 0.3) is 0 Å². The molecule has 0 aliphatic carbocycles. The van der Waals surface area contributed by atoms with Crippen LogP contribution in [0.1, 0.15) is 31.7 Å². The minimum Gasteiger partial charge on any atom is -0.452 e. The van der Waals surface area contributed by atoms with E-state index in [1.54, 1.807) is 0 Å². The first-order valence-electron chi connectivity index (χ1n) is 5.73. The zero-order valence-corrected chi connectivity index (χ0v) is 11.5. The third kappa shape index (κ3) is 6.49. The number of benzene rings is 1. The topological polar surface area (TPSA) is 18.5 Å². The molecule has 2 nitrogen and oxygen atoms in total. The maximum atomic E-state index is 5.95. The summed E-state index contributed by atoms with van der Waals surface area (Å²) < 4.78 is 10.6. The fourth-order valence-electron chi connectivity index (χ4n) is 1.28. The number of hydrogen-bond donors (Lipinski definition) is 0. The van der Waals surface area contributed by atoms with Gasteiger partial charge in [0.15, 0.2) is 5.56 Å². The summed E-state index contributed by atoms with van der Waals surface area (Å²) in [6.07, 6.45) is 2.90. The summed E-state index contributed by atoms with van der Waals surface area (Å²) in [6, 6.07) is 9.80. The maximum Gasteiger partial charge on any atom is 0.354 e. The molecule has 0 fully saturated rings. The molecule has 4 heteroatoms. The summed E-state index contributed by atoms with van der Waals surface area (Å²) in [7, 11) is 0. The maximum absolute atomic E-state index is 5.95. The average Bonchev–Trinajstić information content (AvgIpc) is 2.35. The lowest BCUT2D eigenvalue weighted by Gasteiger charge is -2.13. The Hall–Kier alpha value is -0.800. The highest BCUT2D eigenvalue weighted by Gasteiger charge is 2.08. The zero-order valence-electron chi connectivity index (χ0n) is 9.90. The molecule has 0 aromatic heterocycles. The molecule has 17 heavy (non-hydrogen) atoms. The minimum absolute atomic E-state index is 0.116. The summed E-state index contributed by atoms with van der Waals surface area (Å²) in [5.74, 6) is 0. The van der Waals surface area contributed by atoms with Crippen LogP contribution >= 0.6 is 23.8 Å². The van der Waals surface area contributed by atoms with Crippen LogP contribution in [0.15, 0.2) is 30.3 Å². The molecule has 94 valence electrons. The van der Waals surface area contributed by atoms with E-state index in [2.05, 4.69) is 6.92 Å². The van der Waals surface area contributed by atoms with Crippen LogP contribution in [0.25, 0.3) is 0 Å². The molecule has 1 aromatic rings. The molecule has 1 unspecified atom stereocenters. The monoisotopic (exact) mass is 272 g/mol. The molecule has 0 amide bonds. The number of rotatable bonds is 6. The van der Waals surface area contributed by atoms with Gasteiger partial charge in [0.2, 0.25) is 0 Å². The van der Waals surface area contributed by atoms with E-state index in [-0.39, 0.29) is 5.24 Å². The fourth-order valence-corrected chi connectivity index (χ4v) is 1.74. The highest BCUT2D eigenvalue weighted by molar-refractivity contribution is 7.79. The predicted molar refractivity (Wildman–Crippen MR) is 74.1 cm³/mol. The van der Waals surface area contributed by atoms with Gasteiger partial charge in [-0.3, -0.25) is 0 Å². The number of alkyl halides is 1. The van der Waals surface area contributed by atoms with E-state index < -0.39 is 5.56 Å². The van der Waals surface area contributed by atoms with Crippen molar-refractivity contribution < 1.29 is 9.47 Å². The van der Waals surface area contributed by atoms with Crippen molar-refractivity contribution in [3.05, 3.63) is 35.9 Å². The molecule has 0 saturated carbocycles. The molecular formula is C13H17ClO2S. The Kier molecular flexibility index (Phi) is 6.97. The lowest BCUT2D eigenvalue weighted by Crippen LogP contribution is -2.13. The van der Waals surface area contributed by atoms with E-state index in [0.717, 1.165) is 24.8 Å². The Labute approximate surface area is 113 Å². The smallest absolute Gasteiger partial charge is 0.354 e. The van der Waals surface area contributed by atoms with Gasteiger partial charge in [-0.25, -0.2) is 0 Å². The van der Waals surface area contributed by atoms with Crippen molar-refractivity contribution in [2.24, 2.45) is 0 Å². The molecule has 0 N–H and O–H groups in total. The second kappa shape index (κ2) is 8.31. The van der Waals surface area contributed by atoms with Gasteiger partial charge in [-0.15, -0.1) is 0 Å². The van der Waals surface area contributed by atoms with Crippen LogP contribution in [0.3, 0.4) is 0 Å². The summed E-state index contributed by atoms with van der Waals surface area (Å²) in [5.41, 5.74) is 0.663. The second-order valence-corrected chi connectivity index (χ2v) is 4.51. The van der Waals surface area contributed by atoms with E-state index >= 15 is 0 Å². The van der Waals surface area contributed by atoms with Gasteiger partial charge in [0.05, 0.1) is 0 Å². The number of halogens is 1. The molecule has 0 bridgehead atoms. The Balaban J connectivity index is 2.21.